The average molecular weight is 510 g/mol. The lowest BCUT2D eigenvalue weighted by molar-refractivity contribution is -0.164. The molecule has 1 fully saturated rings. The van der Waals surface area contributed by atoms with Crippen molar-refractivity contribution in [3.8, 4) is 17.5 Å². The van der Waals surface area contributed by atoms with Gasteiger partial charge in [0.1, 0.15) is 30.4 Å². The molecule has 3 aromatic rings. The second-order valence-electron chi connectivity index (χ2n) is 9.98. The number of hydrogen-bond donors (Lipinski definition) is 2. The van der Waals surface area contributed by atoms with Crippen LogP contribution < -0.4 is 10.1 Å². The Morgan fingerprint density at radius 1 is 1.19 bits per heavy atom. The number of carbonyl (C=O) groups excluding carboxylic acids is 1. The smallest absolute Gasteiger partial charge is 0.251 e. The van der Waals surface area contributed by atoms with Crippen LogP contribution in [0.25, 0.3) is 5.69 Å². The van der Waals surface area contributed by atoms with E-state index in [4.69, 9.17) is 31.4 Å². The zero-order valence-electron chi connectivity index (χ0n) is 20.5. The van der Waals surface area contributed by atoms with E-state index in [2.05, 4.69) is 43.3 Å². The van der Waals surface area contributed by atoms with Gasteiger partial charge in [0, 0.05) is 28.5 Å². The number of halogens is 1. The van der Waals surface area contributed by atoms with Gasteiger partial charge in [-0.3, -0.25) is 4.79 Å². The monoisotopic (exact) mass is 509 g/mol. The summed E-state index contributed by atoms with van der Waals surface area (Å²) >= 11 is 6.17. The molecule has 36 heavy (non-hydrogen) atoms. The number of hydrogen-bond acceptors (Lipinski definition) is 7. The molecule has 1 amide bonds. The number of rotatable bonds is 8. The summed E-state index contributed by atoms with van der Waals surface area (Å²) in [5, 5.41) is 29.4. The first-order chi connectivity index (χ1) is 17.1. The Morgan fingerprint density at radius 2 is 1.89 bits per heavy atom. The molecule has 0 radical (unpaired) electrons. The summed E-state index contributed by atoms with van der Waals surface area (Å²) in [7, 11) is 0. The third-order valence-electron chi connectivity index (χ3n) is 6.71. The number of amides is 1. The lowest BCUT2D eigenvalue weighted by atomic mass is 9.49. The first-order valence-electron chi connectivity index (χ1n) is 11.5. The maximum atomic E-state index is 13.1. The zero-order valence-corrected chi connectivity index (χ0v) is 21.3. The topological polar surface area (TPSA) is 122 Å². The molecule has 1 aliphatic rings. The molecule has 1 aromatic heterocycles. The summed E-state index contributed by atoms with van der Waals surface area (Å²) in [6.07, 6.45) is 1.52. The Hall–Kier alpha value is -3.45. The van der Waals surface area contributed by atoms with Gasteiger partial charge >= 0.3 is 0 Å². The largest absolute Gasteiger partial charge is 0.489 e. The van der Waals surface area contributed by atoms with Gasteiger partial charge < -0.3 is 19.9 Å². The molecule has 1 saturated carbocycles. The van der Waals surface area contributed by atoms with Crippen LogP contribution in [-0.4, -0.2) is 44.9 Å². The molecular weight excluding hydrogens is 482 g/mol. The number of benzene rings is 2. The number of ether oxygens (including phenoxy) is 2. The van der Waals surface area contributed by atoms with E-state index in [1.165, 1.54) is 0 Å². The van der Waals surface area contributed by atoms with Crippen LogP contribution in [0.2, 0.25) is 5.02 Å². The average Bonchev–Trinajstić information content (AvgIpc) is 3.33. The van der Waals surface area contributed by atoms with E-state index in [1.807, 2.05) is 6.07 Å². The number of aliphatic hydroxyl groups is 1. The number of nitrogens with one attached hydrogen (secondary N) is 1. The lowest BCUT2D eigenvalue weighted by Gasteiger charge is -2.63. The minimum absolute atomic E-state index is 0.138. The second-order valence-corrected chi connectivity index (χ2v) is 10.4. The Kier molecular flexibility index (Phi) is 7.05. The van der Waals surface area contributed by atoms with Crippen LogP contribution in [0.5, 0.6) is 5.75 Å². The van der Waals surface area contributed by atoms with E-state index in [9.17, 15) is 4.79 Å². The van der Waals surface area contributed by atoms with Crippen molar-refractivity contribution in [2.24, 2.45) is 10.8 Å². The number of nitriles is 1. The highest BCUT2D eigenvalue weighted by Gasteiger charge is 2.64. The fraction of sp³-hybridized carbons (Fsp3) is 0.385. The highest BCUT2D eigenvalue weighted by molar-refractivity contribution is 6.31. The molecule has 0 atom stereocenters. The molecule has 1 aliphatic carbocycles. The molecule has 2 aromatic carbocycles. The Balaban J connectivity index is 1.43. The van der Waals surface area contributed by atoms with Crippen LogP contribution >= 0.6 is 11.6 Å². The Bertz CT molecular complexity index is 1280. The van der Waals surface area contributed by atoms with Gasteiger partial charge in [-0.15, -0.1) is 5.10 Å². The summed E-state index contributed by atoms with van der Waals surface area (Å²) in [4.78, 5) is 13.1. The van der Waals surface area contributed by atoms with Crippen LogP contribution in [-0.2, 0) is 11.3 Å². The van der Waals surface area contributed by atoms with Crippen molar-refractivity contribution in [2.75, 3.05) is 6.79 Å². The molecule has 2 N–H and O–H groups in total. The summed E-state index contributed by atoms with van der Waals surface area (Å²) < 4.78 is 12.8. The summed E-state index contributed by atoms with van der Waals surface area (Å²) in [6, 6.07) is 14.0. The quantitative estimate of drug-likeness (QED) is 0.442. The molecule has 9 nitrogen and oxygen atoms in total. The minimum Gasteiger partial charge on any atom is -0.489 e. The van der Waals surface area contributed by atoms with E-state index in [1.54, 1.807) is 53.3 Å². The molecule has 0 unspecified atom stereocenters. The number of aliphatic hydroxyl groups excluding tert-OH is 1. The van der Waals surface area contributed by atoms with Crippen molar-refractivity contribution < 1.29 is 19.4 Å². The van der Waals surface area contributed by atoms with Gasteiger partial charge in [-0.05, 0) is 36.4 Å². The van der Waals surface area contributed by atoms with Gasteiger partial charge in [0.2, 0.25) is 0 Å². The fourth-order valence-corrected chi connectivity index (χ4v) is 5.43. The Morgan fingerprint density at radius 3 is 2.50 bits per heavy atom. The first kappa shape index (κ1) is 25.6. The molecule has 0 aliphatic heterocycles. The van der Waals surface area contributed by atoms with E-state index in [0.717, 1.165) is 5.69 Å². The van der Waals surface area contributed by atoms with Gasteiger partial charge in [0.25, 0.3) is 5.91 Å². The van der Waals surface area contributed by atoms with Gasteiger partial charge in [-0.25, -0.2) is 4.68 Å². The zero-order chi connectivity index (χ0) is 26.1. The SMILES string of the molecule is CC1(C)C(NC(=O)c2ccc(-n3cc(COCO)nn3)cc2)C(C)(C)C1Oc1ccc(C#N)c(Cl)c1. The number of aromatic nitrogens is 3. The highest BCUT2D eigenvalue weighted by Crippen LogP contribution is 2.55. The third kappa shape index (κ3) is 4.80. The molecule has 0 saturated heterocycles. The van der Waals surface area contributed by atoms with Crippen LogP contribution in [0, 0.1) is 22.2 Å². The summed E-state index contributed by atoms with van der Waals surface area (Å²) in [6.45, 7) is 8.01. The first-order valence-corrected chi connectivity index (χ1v) is 11.8. The summed E-state index contributed by atoms with van der Waals surface area (Å²) in [5.74, 6) is 0.410. The van der Waals surface area contributed by atoms with Crippen molar-refractivity contribution >= 4 is 17.5 Å². The molecule has 0 bridgehead atoms. The lowest BCUT2D eigenvalue weighted by Crippen LogP contribution is -2.74. The van der Waals surface area contributed by atoms with Crippen LogP contribution in [0.15, 0.2) is 48.7 Å². The van der Waals surface area contributed by atoms with Gasteiger partial charge in [-0.1, -0.05) is 44.5 Å². The number of carbonyl (C=O) groups is 1. The number of nitrogens with zero attached hydrogens (tertiary/aromatic N) is 4. The van der Waals surface area contributed by atoms with Crippen LogP contribution in [0.3, 0.4) is 0 Å². The maximum Gasteiger partial charge on any atom is 0.251 e. The van der Waals surface area contributed by atoms with Crippen LogP contribution in [0.4, 0.5) is 0 Å². The van der Waals surface area contributed by atoms with Crippen molar-refractivity contribution in [2.45, 2.75) is 46.4 Å². The molecule has 10 heteroatoms. The predicted molar refractivity (Wildman–Crippen MR) is 133 cm³/mol. The fourth-order valence-electron chi connectivity index (χ4n) is 5.22. The molecule has 1 heterocycles. The second kappa shape index (κ2) is 9.90. The standard InChI is InChI=1S/C26H28ClN5O4/c1-25(2)23(26(3,4)24(25)36-20-10-7-17(12-28)21(27)11-20)29-22(34)16-5-8-19(9-6-16)32-13-18(30-31-32)14-35-15-33/h5-11,13,23-24,33H,14-15H2,1-4H3,(H,29,34). The van der Waals surface area contributed by atoms with Crippen molar-refractivity contribution in [1.82, 2.24) is 20.3 Å². The van der Waals surface area contributed by atoms with Gasteiger partial charge in [-0.2, -0.15) is 5.26 Å². The normalized spacial score (nSPS) is 19.7. The summed E-state index contributed by atoms with van der Waals surface area (Å²) in [5.41, 5.74) is 1.54. The minimum atomic E-state index is -0.387. The van der Waals surface area contributed by atoms with Crippen LogP contribution in [0.1, 0.15) is 49.3 Å². The van der Waals surface area contributed by atoms with E-state index < -0.39 is 0 Å². The van der Waals surface area contributed by atoms with Gasteiger partial charge in [0.05, 0.1) is 29.1 Å². The van der Waals surface area contributed by atoms with Gasteiger partial charge in [0.15, 0.2) is 0 Å². The van der Waals surface area contributed by atoms with E-state index in [0.29, 0.717) is 27.6 Å². The molecule has 0 spiro atoms. The molecule has 4 rings (SSSR count). The van der Waals surface area contributed by atoms with Crippen molar-refractivity contribution in [3.05, 3.63) is 70.5 Å². The van der Waals surface area contributed by atoms with E-state index in [-0.39, 0.29) is 42.3 Å². The van der Waals surface area contributed by atoms with E-state index >= 15 is 0 Å². The molecule has 188 valence electrons. The van der Waals surface area contributed by atoms with Crippen molar-refractivity contribution in [3.63, 3.8) is 0 Å². The third-order valence-corrected chi connectivity index (χ3v) is 7.02. The highest BCUT2D eigenvalue weighted by atomic mass is 35.5. The predicted octanol–water partition coefficient (Wildman–Crippen LogP) is 3.87. The molecular formula is C26H28ClN5O4. The van der Waals surface area contributed by atoms with Crippen molar-refractivity contribution in [1.29, 1.82) is 5.26 Å². The Labute approximate surface area is 214 Å². The maximum absolute atomic E-state index is 13.1.